The third-order valence-corrected chi connectivity index (χ3v) is 7.96. The summed E-state index contributed by atoms with van der Waals surface area (Å²) in [6.45, 7) is 10.5. The molecule has 0 spiro atoms. The zero-order chi connectivity index (χ0) is 21.6. The Morgan fingerprint density at radius 1 is 1.28 bits per heavy atom. The minimum Gasteiger partial charge on any atom is -0.507 e. The Balaban J connectivity index is 2.42. The molecular formula is C23H38O4SSi. The van der Waals surface area contributed by atoms with E-state index in [0.29, 0.717) is 29.9 Å². The summed E-state index contributed by atoms with van der Waals surface area (Å²) in [5.41, 5.74) is 3.11. The molecule has 3 N–H and O–H groups in total. The van der Waals surface area contributed by atoms with Crippen LogP contribution >= 0.6 is 12.3 Å². The van der Waals surface area contributed by atoms with Gasteiger partial charge in [0.15, 0.2) is 8.32 Å². The quantitative estimate of drug-likeness (QED) is 0.160. The number of hydrogen-bond donors (Lipinski definition) is 3. The second kappa shape index (κ2) is 10.9. The topological polar surface area (TPSA) is 69.9 Å². The van der Waals surface area contributed by atoms with E-state index in [4.69, 9.17) is 4.18 Å². The third-order valence-electron chi connectivity index (χ3n) is 6.06. The van der Waals surface area contributed by atoms with E-state index >= 15 is 0 Å². The molecule has 0 amide bonds. The highest BCUT2D eigenvalue weighted by Gasteiger charge is 2.36. The van der Waals surface area contributed by atoms with Crippen LogP contribution in [0.5, 0.6) is 11.5 Å². The van der Waals surface area contributed by atoms with Crippen LogP contribution < -0.4 is 4.18 Å². The largest absolute Gasteiger partial charge is 0.507 e. The van der Waals surface area contributed by atoms with Gasteiger partial charge in [0.2, 0.25) is 12.3 Å². The number of phenolic OH excluding ortho intramolecular Hbond substituents is 1. The molecule has 0 fully saturated rings. The smallest absolute Gasteiger partial charge is 0.222 e. The Kier molecular flexibility index (Phi) is 9.13. The number of aryl methyl sites for hydroxylation is 1. The second-order valence-corrected chi connectivity index (χ2v) is 13.7. The Hall–Kier alpha value is -0.953. The fourth-order valence-electron chi connectivity index (χ4n) is 4.80. The molecule has 2 rings (SSSR count). The fraction of sp³-hybridized carbons (Fsp3) is 0.652. The Bertz CT molecular complexity index is 699. The highest BCUT2D eigenvalue weighted by atomic mass is 32.2. The van der Waals surface area contributed by atoms with E-state index in [0.717, 1.165) is 55.7 Å². The van der Waals surface area contributed by atoms with E-state index in [2.05, 4.69) is 26.8 Å². The number of aromatic hydroxyl groups is 1. The summed E-state index contributed by atoms with van der Waals surface area (Å²) in [7, 11) is -2.18. The van der Waals surface area contributed by atoms with Gasteiger partial charge in [0.05, 0.1) is 0 Å². The number of allylic oxidation sites excluding steroid dienone is 2. The summed E-state index contributed by atoms with van der Waals surface area (Å²) < 4.78 is 14.9. The van der Waals surface area contributed by atoms with Gasteiger partial charge in [-0.15, -0.1) is 0 Å². The summed E-state index contributed by atoms with van der Waals surface area (Å²) in [5, 5.41) is 11.0. The van der Waals surface area contributed by atoms with Gasteiger partial charge in [0.25, 0.3) is 0 Å². The third kappa shape index (κ3) is 7.05. The lowest BCUT2D eigenvalue weighted by molar-refractivity contribution is 0.299. The first-order valence-electron chi connectivity index (χ1n) is 10.9. The fourth-order valence-corrected chi connectivity index (χ4v) is 6.89. The van der Waals surface area contributed by atoms with Crippen LogP contribution in [0.2, 0.25) is 19.1 Å². The number of hydrogen-bond acceptors (Lipinski definition) is 5. The molecule has 1 aromatic rings. The summed E-state index contributed by atoms with van der Waals surface area (Å²) in [6.07, 6.45) is 8.57. The van der Waals surface area contributed by atoms with Gasteiger partial charge in [-0.3, -0.25) is 4.55 Å². The molecule has 1 aromatic carbocycles. The van der Waals surface area contributed by atoms with Crippen LogP contribution in [0.1, 0.15) is 69.9 Å². The van der Waals surface area contributed by atoms with Crippen molar-refractivity contribution in [3.63, 3.8) is 0 Å². The predicted octanol–water partition coefficient (Wildman–Crippen LogP) is 6.90. The van der Waals surface area contributed by atoms with E-state index in [-0.39, 0.29) is 11.7 Å². The van der Waals surface area contributed by atoms with Crippen LogP contribution in [0, 0.1) is 11.8 Å². The zero-order valence-corrected chi connectivity index (χ0v) is 20.4. The van der Waals surface area contributed by atoms with Gasteiger partial charge in [-0.1, -0.05) is 38.3 Å². The Morgan fingerprint density at radius 2 is 2.00 bits per heavy atom. The minimum absolute atomic E-state index is 0.0157. The first-order chi connectivity index (χ1) is 13.7. The number of phenols is 1. The molecule has 6 heteroatoms. The van der Waals surface area contributed by atoms with Crippen molar-refractivity contribution in [1.29, 1.82) is 0 Å². The van der Waals surface area contributed by atoms with Crippen molar-refractivity contribution >= 4 is 20.6 Å². The molecule has 1 aliphatic rings. The molecule has 2 unspecified atom stereocenters. The maximum absolute atomic E-state index is 11.0. The average Bonchev–Trinajstić information content (AvgIpc) is 2.60. The lowest BCUT2D eigenvalue weighted by Crippen LogP contribution is -2.32. The average molecular weight is 439 g/mol. The molecule has 3 atom stereocenters. The van der Waals surface area contributed by atoms with Crippen LogP contribution in [-0.4, -0.2) is 22.8 Å². The molecule has 1 aliphatic carbocycles. The highest BCUT2D eigenvalue weighted by molar-refractivity contribution is 7.89. The van der Waals surface area contributed by atoms with E-state index < -0.39 is 8.32 Å². The van der Waals surface area contributed by atoms with Crippen molar-refractivity contribution in [3.05, 3.63) is 34.9 Å². The molecule has 0 aliphatic heterocycles. The lowest BCUT2D eigenvalue weighted by Gasteiger charge is -2.37. The molecule has 0 aromatic heterocycles. The van der Waals surface area contributed by atoms with Gasteiger partial charge in [-0.2, -0.15) is 0 Å². The van der Waals surface area contributed by atoms with Gasteiger partial charge in [-0.25, -0.2) is 0 Å². The summed E-state index contributed by atoms with van der Waals surface area (Å²) in [6, 6.07) is 4.67. The Labute approximate surface area is 181 Å². The molecular weight excluding hydrogens is 400 g/mol. The number of unbranched alkanes of at least 4 members (excludes halogenated alkanes) is 2. The van der Waals surface area contributed by atoms with Gasteiger partial charge < -0.3 is 14.1 Å². The number of rotatable bonds is 10. The molecule has 29 heavy (non-hydrogen) atoms. The van der Waals surface area contributed by atoms with E-state index in [1.165, 1.54) is 5.57 Å². The molecule has 0 saturated heterocycles. The van der Waals surface area contributed by atoms with Crippen molar-refractivity contribution in [1.82, 2.24) is 0 Å². The van der Waals surface area contributed by atoms with E-state index in [9.17, 15) is 14.5 Å². The first-order valence-corrected chi connectivity index (χ1v) is 14.7. The molecule has 0 radical (unpaired) electrons. The van der Waals surface area contributed by atoms with Crippen molar-refractivity contribution in [2.24, 2.45) is 11.8 Å². The van der Waals surface area contributed by atoms with E-state index in [1.807, 2.05) is 25.2 Å². The predicted molar refractivity (Wildman–Crippen MR) is 125 cm³/mol. The van der Waals surface area contributed by atoms with Crippen molar-refractivity contribution in [2.75, 3.05) is 0 Å². The summed E-state index contributed by atoms with van der Waals surface area (Å²) >= 11 is 0.334. The normalized spacial score (nSPS) is 21.0. The maximum atomic E-state index is 11.0. The maximum Gasteiger partial charge on any atom is 0.222 e. The lowest BCUT2D eigenvalue weighted by atomic mass is 9.71. The Morgan fingerprint density at radius 3 is 2.62 bits per heavy atom. The van der Waals surface area contributed by atoms with Gasteiger partial charge >= 0.3 is 0 Å². The summed E-state index contributed by atoms with van der Waals surface area (Å²) in [4.78, 5) is 10.5. The molecule has 0 heterocycles. The zero-order valence-electron chi connectivity index (χ0n) is 18.6. The van der Waals surface area contributed by atoms with Crippen LogP contribution in [0.25, 0.3) is 0 Å². The van der Waals surface area contributed by atoms with Gasteiger partial charge in [-0.05, 0) is 81.3 Å². The SMILES string of the molecule is CCCCCc1cc(O)c([C@@H]2C=C(C)CCC2C(C)C[Si](C)(C)O)c(OSO)c1. The van der Waals surface area contributed by atoms with Gasteiger partial charge in [0, 0.05) is 11.5 Å². The summed E-state index contributed by atoms with van der Waals surface area (Å²) in [5.74, 6) is 1.48. The monoisotopic (exact) mass is 438 g/mol. The number of benzene rings is 1. The molecule has 164 valence electrons. The minimum atomic E-state index is -2.18. The van der Waals surface area contributed by atoms with E-state index in [1.54, 1.807) is 0 Å². The first kappa shape index (κ1) is 24.3. The van der Waals surface area contributed by atoms with Crippen molar-refractivity contribution in [3.8, 4) is 11.5 Å². The van der Waals surface area contributed by atoms with Crippen LogP contribution in [-0.2, 0) is 6.42 Å². The van der Waals surface area contributed by atoms with Gasteiger partial charge in [0.1, 0.15) is 11.5 Å². The van der Waals surface area contributed by atoms with Crippen LogP contribution in [0.3, 0.4) is 0 Å². The molecule has 4 nitrogen and oxygen atoms in total. The van der Waals surface area contributed by atoms with Crippen molar-refractivity contribution < 1.29 is 18.6 Å². The van der Waals surface area contributed by atoms with Crippen LogP contribution in [0.15, 0.2) is 23.8 Å². The highest BCUT2D eigenvalue weighted by Crippen LogP contribution is 2.48. The standard InChI is InChI=1S/C23H38O4SSi/c1-6-7-8-9-18-13-21(24)23(22(14-18)27-28-25)20-12-16(2)10-11-19(20)17(3)15-29(4,5)26/h12-14,17,19-20,24-26H,6-11,15H2,1-5H3/t17?,19?,20-/m1/s1. The van der Waals surface area contributed by atoms with Crippen molar-refractivity contribution in [2.45, 2.75) is 84.4 Å². The second-order valence-electron chi connectivity index (χ2n) is 9.38. The molecule has 0 bridgehead atoms. The molecule has 0 saturated carbocycles. The van der Waals surface area contributed by atoms with Crippen LogP contribution in [0.4, 0.5) is 0 Å².